The van der Waals surface area contributed by atoms with Crippen molar-refractivity contribution in [3.63, 3.8) is 0 Å². The molecule has 0 radical (unpaired) electrons. The van der Waals surface area contributed by atoms with Gasteiger partial charge in [-0.2, -0.15) is 0 Å². The third-order valence-corrected chi connectivity index (χ3v) is 4.23. The number of rotatable bonds is 18. The van der Waals surface area contributed by atoms with Crippen LogP contribution >= 0.6 is 0 Å². The van der Waals surface area contributed by atoms with E-state index in [1.807, 2.05) is 0 Å². The molecule has 2 heteroatoms. The molecule has 0 aliphatic carbocycles. The largest absolute Gasteiger partial charge is 0.516 e. The van der Waals surface area contributed by atoms with Crippen LogP contribution in [0.4, 0.5) is 0 Å². The van der Waals surface area contributed by atoms with Crippen molar-refractivity contribution in [3.05, 3.63) is 25.7 Å². The van der Waals surface area contributed by atoms with E-state index in [4.69, 9.17) is 9.84 Å². The van der Waals surface area contributed by atoms with E-state index in [9.17, 15) is 0 Å². The second kappa shape index (κ2) is 27.0. The quantitative estimate of drug-likeness (QED) is 0.202. The van der Waals surface area contributed by atoms with Crippen LogP contribution in [0.1, 0.15) is 110 Å². The van der Waals surface area contributed by atoms with E-state index in [0.717, 1.165) is 12.9 Å². The highest BCUT2D eigenvalue weighted by molar-refractivity contribution is 4.51. The molecule has 0 spiro atoms. The van der Waals surface area contributed by atoms with E-state index in [0.29, 0.717) is 0 Å². The lowest BCUT2D eigenvalue weighted by Gasteiger charge is -2.03. The number of hydrogen-bond donors (Lipinski definition) is 1. The topological polar surface area (TPSA) is 29.5 Å². The first kappa shape index (κ1) is 25.3. The van der Waals surface area contributed by atoms with Crippen LogP contribution in [0.5, 0.6) is 0 Å². The number of unbranched alkanes of at least 4 members (excludes halogenated alkanes) is 15. The Balaban J connectivity index is 0. The highest BCUT2D eigenvalue weighted by Crippen LogP contribution is 2.13. The molecule has 0 aromatic carbocycles. The Morgan fingerprint density at radius 2 is 0.917 bits per heavy atom. The standard InChI is InChI=1S/C20H40O.C2H4O/c1-3-5-6-7-8-9-10-11-12-13-14-15-16-17-18-19-20-21-4-2;1-2-3/h4H,2-3,5-20H2,1H3;2-3H,1H2. The van der Waals surface area contributed by atoms with Gasteiger partial charge in [0.25, 0.3) is 0 Å². The number of ether oxygens (including phenoxy) is 1. The molecule has 0 saturated carbocycles. The van der Waals surface area contributed by atoms with E-state index >= 15 is 0 Å². The van der Waals surface area contributed by atoms with Gasteiger partial charge in [0, 0.05) is 0 Å². The molecule has 0 aliphatic heterocycles. The van der Waals surface area contributed by atoms with Crippen molar-refractivity contribution in [2.45, 2.75) is 110 Å². The van der Waals surface area contributed by atoms with Gasteiger partial charge in [0.05, 0.1) is 19.1 Å². The summed E-state index contributed by atoms with van der Waals surface area (Å²) in [6.07, 6.45) is 24.9. The first-order valence-electron chi connectivity index (χ1n) is 10.3. The normalized spacial score (nSPS) is 9.88. The highest BCUT2D eigenvalue weighted by Gasteiger charge is 1.94. The van der Waals surface area contributed by atoms with Crippen molar-refractivity contribution < 1.29 is 9.84 Å². The van der Waals surface area contributed by atoms with Crippen molar-refractivity contribution >= 4 is 0 Å². The molecule has 0 amide bonds. The van der Waals surface area contributed by atoms with Crippen molar-refractivity contribution in [1.82, 2.24) is 0 Å². The molecule has 0 unspecified atom stereocenters. The maximum Gasteiger partial charge on any atom is 0.0873 e. The molecule has 0 aromatic rings. The van der Waals surface area contributed by atoms with Crippen LogP contribution in [0.15, 0.2) is 25.7 Å². The lowest BCUT2D eigenvalue weighted by Crippen LogP contribution is -1.87. The molecule has 0 aliphatic rings. The molecule has 24 heavy (non-hydrogen) atoms. The van der Waals surface area contributed by atoms with Crippen LogP contribution in [0.3, 0.4) is 0 Å². The summed E-state index contributed by atoms with van der Waals surface area (Å²) in [4.78, 5) is 0. The minimum atomic E-state index is 0.750. The summed E-state index contributed by atoms with van der Waals surface area (Å²) < 4.78 is 5.12. The summed E-state index contributed by atoms with van der Waals surface area (Å²) in [5, 5.41) is 7.33. The maximum atomic E-state index is 7.33. The second-order valence-electron chi connectivity index (χ2n) is 6.52. The first-order valence-corrected chi connectivity index (χ1v) is 10.3. The number of aliphatic hydroxyl groups excluding tert-OH is 1. The minimum absolute atomic E-state index is 0.750. The molecule has 144 valence electrons. The van der Waals surface area contributed by atoms with Crippen LogP contribution in [-0.4, -0.2) is 11.7 Å². The molecular weight excluding hydrogens is 296 g/mol. The SMILES string of the molecule is C=CO.C=COCCCCCCCCCCCCCCCCCC. The third kappa shape index (κ3) is 29.1. The van der Waals surface area contributed by atoms with Crippen LogP contribution in [0.25, 0.3) is 0 Å². The van der Waals surface area contributed by atoms with Gasteiger partial charge in [-0.25, -0.2) is 0 Å². The zero-order chi connectivity index (χ0) is 18.1. The average Bonchev–Trinajstić information content (AvgIpc) is 2.58. The zero-order valence-electron chi connectivity index (χ0n) is 16.4. The van der Waals surface area contributed by atoms with E-state index in [1.165, 1.54) is 103 Å². The number of aliphatic hydroxyl groups is 1. The summed E-state index contributed by atoms with van der Waals surface area (Å²) in [6, 6.07) is 0. The summed E-state index contributed by atoms with van der Waals surface area (Å²) in [5.41, 5.74) is 0. The van der Waals surface area contributed by atoms with Crippen molar-refractivity contribution in [3.8, 4) is 0 Å². The molecule has 2 nitrogen and oxygen atoms in total. The van der Waals surface area contributed by atoms with Gasteiger partial charge < -0.3 is 9.84 Å². The lowest BCUT2D eigenvalue weighted by atomic mass is 10.0. The average molecular weight is 341 g/mol. The monoisotopic (exact) mass is 340 g/mol. The Labute approximate surface area is 152 Å². The van der Waals surface area contributed by atoms with Crippen LogP contribution in [0.2, 0.25) is 0 Å². The molecule has 0 atom stereocenters. The fourth-order valence-electron chi connectivity index (χ4n) is 2.82. The van der Waals surface area contributed by atoms with Gasteiger partial charge in [-0.1, -0.05) is 116 Å². The maximum absolute atomic E-state index is 7.33. The minimum Gasteiger partial charge on any atom is -0.516 e. The fraction of sp³-hybridized carbons (Fsp3) is 0.818. The molecule has 0 fully saturated rings. The van der Waals surface area contributed by atoms with Gasteiger partial charge in [0.15, 0.2) is 0 Å². The van der Waals surface area contributed by atoms with Gasteiger partial charge in [-0.3, -0.25) is 0 Å². The van der Waals surface area contributed by atoms with E-state index in [2.05, 4.69) is 20.1 Å². The van der Waals surface area contributed by atoms with Crippen molar-refractivity contribution in [1.29, 1.82) is 0 Å². The Hall–Kier alpha value is -0.920. The molecule has 0 heterocycles. The van der Waals surface area contributed by atoms with Crippen molar-refractivity contribution in [2.24, 2.45) is 0 Å². The van der Waals surface area contributed by atoms with Crippen LogP contribution in [-0.2, 0) is 4.74 Å². The van der Waals surface area contributed by atoms with E-state index in [-0.39, 0.29) is 0 Å². The Morgan fingerprint density at radius 3 is 1.21 bits per heavy atom. The van der Waals surface area contributed by atoms with Crippen LogP contribution < -0.4 is 0 Å². The zero-order valence-corrected chi connectivity index (χ0v) is 16.4. The second-order valence-corrected chi connectivity index (χ2v) is 6.52. The van der Waals surface area contributed by atoms with E-state index < -0.39 is 0 Å². The molecule has 0 bridgehead atoms. The van der Waals surface area contributed by atoms with Gasteiger partial charge in [-0.05, 0) is 6.42 Å². The molecule has 1 N–H and O–H groups in total. The van der Waals surface area contributed by atoms with E-state index in [1.54, 1.807) is 6.26 Å². The van der Waals surface area contributed by atoms with Crippen molar-refractivity contribution in [2.75, 3.05) is 6.61 Å². The third-order valence-electron chi connectivity index (χ3n) is 4.23. The number of hydrogen-bond acceptors (Lipinski definition) is 2. The Bertz CT molecular complexity index is 226. The summed E-state index contributed by atoms with van der Waals surface area (Å²) in [6.45, 7) is 9.60. The first-order chi connectivity index (χ1) is 11.8. The summed E-state index contributed by atoms with van der Waals surface area (Å²) in [7, 11) is 0. The molecule has 0 aromatic heterocycles. The molecular formula is C22H44O2. The smallest absolute Gasteiger partial charge is 0.0873 e. The van der Waals surface area contributed by atoms with Gasteiger partial charge in [-0.15, -0.1) is 0 Å². The highest BCUT2D eigenvalue weighted by atomic mass is 16.5. The predicted molar refractivity (Wildman–Crippen MR) is 109 cm³/mol. The van der Waals surface area contributed by atoms with Crippen LogP contribution in [0, 0.1) is 0 Å². The molecule has 0 saturated heterocycles. The predicted octanol–water partition coefficient (Wildman–Crippen LogP) is 8.10. The lowest BCUT2D eigenvalue weighted by molar-refractivity contribution is 0.241. The Morgan fingerprint density at radius 1 is 0.625 bits per heavy atom. The van der Waals surface area contributed by atoms with Gasteiger partial charge in [0.1, 0.15) is 0 Å². The summed E-state index contributed by atoms with van der Waals surface area (Å²) in [5.74, 6) is 0. The molecule has 0 rings (SSSR count). The fourth-order valence-corrected chi connectivity index (χ4v) is 2.82. The van der Waals surface area contributed by atoms with Gasteiger partial charge >= 0.3 is 0 Å². The van der Waals surface area contributed by atoms with Gasteiger partial charge in [0.2, 0.25) is 0 Å². The Kier molecular flexibility index (Phi) is 28.4. The summed E-state index contributed by atoms with van der Waals surface area (Å²) >= 11 is 0.